The molecule has 0 N–H and O–H groups in total. The van der Waals surface area contributed by atoms with Crippen LogP contribution in [-0.4, -0.2) is 0 Å². The van der Waals surface area contributed by atoms with Gasteiger partial charge in [-0.05, 0) is 49.4 Å². The fourth-order valence-corrected chi connectivity index (χ4v) is 2.97. The van der Waals surface area contributed by atoms with Crippen LogP contribution in [0, 0.1) is 20.8 Å². The van der Waals surface area contributed by atoms with Gasteiger partial charge >= 0.3 is 0 Å². The largest absolute Gasteiger partial charge is 0.0651 e. The molecule has 1 aromatic carbocycles. The summed E-state index contributed by atoms with van der Waals surface area (Å²) in [6.45, 7) is 8.76. The van der Waals surface area contributed by atoms with E-state index < -0.39 is 0 Å². The van der Waals surface area contributed by atoms with Gasteiger partial charge in [0.1, 0.15) is 0 Å². The Morgan fingerprint density at radius 3 is 1.64 bits per heavy atom. The van der Waals surface area contributed by atoms with Crippen LogP contribution in [0.3, 0.4) is 0 Å². The summed E-state index contributed by atoms with van der Waals surface area (Å²) in [5, 5.41) is 0. The molecule has 14 heavy (non-hydrogen) atoms. The summed E-state index contributed by atoms with van der Waals surface area (Å²) in [5.74, 6) is 0. The second-order valence-corrected chi connectivity index (χ2v) is 5.32. The van der Waals surface area contributed by atoms with E-state index in [1.807, 2.05) is 0 Å². The Morgan fingerprint density at radius 2 is 1.29 bits per heavy atom. The summed E-state index contributed by atoms with van der Waals surface area (Å²) in [5.41, 5.74) is 5.58. The van der Waals surface area contributed by atoms with Gasteiger partial charge in [-0.15, -0.1) is 0 Å². The van der Waals surface area contributed by atoms with E-state index in [1.54, 1.807) is 0 Å². The smallest absolute Gasteiger partial charge is 0.0247 e. The molecule has 1 aromatic rings. The third-order valence-corrected chi connectivity index (χ3v) is 5.10. The normalized spacial score (nSPS) is 10.7. The molecule has 0 aliphatic heterocycles. The molecule has 0 saturated heterocycles. The highest BCUT2D eigenvalue weighted by molar-refractivity contribution is 9.11. The van der Waals surface area contributed by atoms with Gasteiger partial charge in [0.25, 0.3) is 0 Å². The zero-order valence-electron chi connectivity index (χ0n) is 9.17. The van der Waals surface area contributed by atoms with Crippen molar-refractivity contribution in [3.8, 4) is 0 Å². The summed E-state index contributed by atoms with van der Waals surface area (Å²) < 4.78 is 2.50. The van der Waals surface area contributed by atoms with Crippen molar-refractivity contribution in [1.82, 2.24) is 0 Å². The molecule has 0 aromatic heterocycles. The van der Waals surface area contributed by atoms with E-state index >= 15 is 0 Å². The third kappa shape index (κ3) is 2.06. The lowest BCUT2D eigenvalue weighted by molar-refractivity contribution is 0.897. The van der Waals surface area contributed by atoms with Crippen molar-refractivity contribution in [3.05, 3.63) is 31.2 Å². The summed E-state index contributed by atoms with van der Waals surface area (Å²) >= 11 is 7.31. The monoisotopic (exact) mass is 318 g/mol. The van der Waals surface area contributed by atoms with Crippen LogP contribution in [0.4, 0.5) is 0 Å². The Morgan fingerprint density at radius 1 is 0.857 bits per heavy atom. The Balaban J connectivity index is 3.43. The zero-order valence-corrected chi connectivity index (χ0v) is 12.3. The van der Waals surface area contributed by atoms with E-state index in [2.05, 4.69) is 59.6 Å². The minimum atomic E-state index is 1.16. The van der Waals surface area contributed by atoms with Gasteiger partial charge in [0.05, 0.1) is 0 Å². The zero-order chi connectivity index (χ0) is 10.9. The van der Waals surface area contributed by atoms with Crippen LogP contribution in [0.25, 0.3) is 0 Å². The van der Waals surface area contributed by atoms with Crippen LogP contribution in [0.15, 0.2) is 8.95 Å². The topological polar surface area (TPSA) is 0 Å². The van der Waals surface area contributed by atoms with Crippen molar-refractivity contribution >= 4 is 31.9 Å². The second kappa shape index (κ2) is 4.80. The lowest BCUT2D eigenvalue weighted by Gasteiger charge is -2.16. The maximum atomic E-state index is 3.65. The van der Waals surface area contributed by atoms with Crippen LogP contribution in [0.5, 0.6) is 0 Å². The summed E-state index contributed by atoms with van der Waals surface area (Å²) in [4.78, 5) is 0. The van der Waals surface area contributed by atoms with Crippen molar-refractivity contribution in [2.75, 3.05) is 0 Å². The molecule has 0 saturated carbocycles. The predicted octanol–water partition coefficient (Wildman–Crippen LogP) is 5.09. The van der Waals surface area contributed by atoms with E-state index in [-0.39, 0.29) is 0 Å². The highest BCUT2D eigenvalue weighted by Gasteiger charge is 2.12. The highest BCUT2D eigenvalue weighted by Crippen LogP contribution is 2.34. The molecule has 0 unspecified atom stereocenters. The Kier molecular flexibility index (Phi) is 4.20. The quantitative estimate of drug-likeness (QED) is 0.712. The number of hydrogen-bond donors (Lipinski definition) is 0. The molecular formula is C12H16Br2. The molecule has 78 valence electrons. The molecular weight excluding hydrogens is 304 g/mol. The molecule has 0 radical (unpaired) electrons. The van der Waals surface area contributed by atoms with Crippen LogP contribution >= 0.6 is 31.9 Å². The maximum absolute atomic E-state index is 3.65. The Bertz CT molecular complexity index is 325. The fraction of sp³-hybridized carbons (Fsp3) is 0.500. The molecule has 0 aliphatic rings. The van der Waals surface area contributed by atoms with Crippen molar-refractivity contribution < 1.29 is 0 Å². The van der Waals surface area contributed by atoms with Gasteiger partial charge < -0.3 is 0 Å². The Labute approximate surface area is 103 Å². The van der Waals surface area contributed by atoms with Crippen molar-refractivity contribution in [1.29, 1.82) is 0 Å². The SMILES string of the molecule is CCCc1c(C)c(Br)c(C)c(Br)c1C. The lowest BCUT2D eigenvalue weighted by atomic mass is 9.96. The van der Waals surface area contributed by atoms with Gasteiger partial charge in [-0.2, -0.15) is 0 Å². The highest BCUT2D eigenvalue weighted by atomic mass is 79.9. The van der Waals surface area contributed by atoms with Gasteiger partial charge in [0, 0.05) is 8.95 Å². The van der Waals surface area contributed by atoms with E-state index in [0.717, 1.165) is 6.42 Å². The number of rotatable bonds is 2. The molecule has 1 rings (SSSR count). The molecule has 0 spiro atoms. The first kappa shape index (κ1) is 12.3. The Hall–Kier alpha value is 0.180. The second-order valence-electron chi connectivity index (χ2n) is 3.73. The minimum Gasteiger partial charge on any atom is -0.0651 e. The first-order valence-electron chi connectivity index (χ1n) is 4.94. The summed E-state index contributed by atoms with van der Waals surface area (Å²) in [7, 11) is 0. The molecule has 2 heteroatoms. The molecule has 0 amide bonds. The van der Waals surface area contributed by atoms with Gasteiger partial charge in [-0.3, -0.25) is 0 Å². The van der Waals surface area contributed by atoms with Crippen molar-refractivity contribution in [3.63, 3.8) is 0 Å². The van der Waals surface area contributed by atoms with E-state index in [0.29, 0.717) is 0 Å². The number of halogens is 2. The predicted molar refractivity (Wildman–Crippen MR) is 70.0 cm³/mol. The van der Waals surface area contributed by atoms with E-state index in [9.17, 15) is 0 Å². The average Bonchev–Trinajstić information content (AvgIpc) is 2.19. The first-order valence-corrected chi connectivity index (χ1v) is 6.52. The van der Waals surface area contributed by atoms with E-state index in [4.69, 9.17) is 0 Å². The number of benzene rings is 1. The third-order valence-electron chi connectivity index (χ3n) is 2.72. The van der Waals surface area contributed by atoms with E-state index in [1.165, 1.54) is 37.6 Å². The van der Waals surface area contributed by atoms with Crippen LogP contribution < -0.4 is 0 Å². The fourth-order valence-electron chi connectivity index (χ4n) is 1.83. The van der Waals surface area contributed by atoms with Crippen LogP contribution in [0.2, 0.25) is 0 Å². The van der Waals surface area contributed by atoms with Crippen LogP contribution in [-0.2, 0) is 6.42 Å². The standard InChI is InChI=1S/C12H16Br2/c1-5-6-10-7(2)11(13)9(4)12(14)8(10)3/h5-6H2,1-4H3. The minimum absolute atomic E-state index is 1.16. The van der Waals surface area contributed by atoms with Gasteiger partial charge in [0.15, 0.2) is 0 Å². The van der Waals surface area contributed by atoms with Crippen molar-refractivity contribution in [2.24, 2.45) is 0 Å². The maximum Gasteiger partial charge on any atom is 0.0247 e. The van der Waals surface area contributed by atoms with Crippen molar-refractivity contribution in [2.45, 2.75) is 40.5 Å². The first-order chi connectivity index (χ1) is 6.50. The molecule has 0 heterocycles. The number of hydrogen-bond acceptors (Lipinski definition) is 0. The molecule has 0 aliphatic carbocycles. The van der Waals surface area contributed by atoms with Gasteiger partial charge in [0.2, 0.25) is 0 Å². The average molecular weight is 320 g/mol. The molecule has 0 fully saturated rings. The van der Waals surface area contributed by atoms with Crippen LogP contribution in [0.1, 0.15) is 35.6 Å². The van der Waals surface area contributed by atoms with Gasteiger partial charge in [-0.1, -0.05) is 45.2 Å². The summed E-state index contributed by atoms with van der Waals surface area (Å²) in [6, 6.07) is 0. The summed E-state index contributed by atoms with van der Waals surface area (Å²) in [6.07, 6.45) is 2.36. The molecule has 0 nitrogen and oxygen atoms in total. The molecule has 0 bridgehead atoms. The van der Waals surface area contributed by atoms with Gasteiger partial charge in [-0.25, -0.2) is 0 Å². The lowest BCUT2D eigenvalue weighted by Crippen LogP contribution is -1.98. The molecule has 0 atom stereocenters.